The molecule has 5 heteroatoms. The largest absolute Gasteiger partial charge is 0.320 e. The molecule has 1 aliphatic rings. The molecular weight excluding hydrogens is 316 g/mol. The first-order chi connectivity index (χ1) is 10.5. The van der Waals surface area contributed by atoms with Crippen LogP contribution in [0.15, 0.2) is 23.2 Å². The highest BCUT2D eigenvalue weighted by Crippen LogP contribution is 2.31. The molecule has 1 heterocycles. The van der Waals surface area contributed by atoms with Gasteiger partial charge in [0.25, 0.3) is 5.91 Å². The number of hydrogen-bond acceptors (Lipinski definition) is 2. The summed E-state index contributed by atoms with van der Waals surface area (Å²) in [5, 5.41) is 0.639. The van der Waals surface area contributed by atoms with Gasteiger partial charge in [0.15, 0.2) is 4.80 Å². The van der Waals surface area contributed by atoms with Crippen LogP contribution in [0.5, 0.6) is 0 Å². The van der Waals surface area contributed by atoms with Gasteiger partial charge in [-0.05, 0) is 63.3 Å². The summed E-state index contributed by atoms with van der Waals surface area (Å²) in [6.45, 7) is 7.05. The van der Waals surface area contributed by atoms with Crippen LogP contribution in [-0.4, -0.2) is 10.5 Å². The molecule has 0 aliphatic heterocycles. The van der Waals surface area contributed by atoms with Crippen molar-refractivity contribution in [3.63, 3.8) is 0 Å². The van der Waals surface area contributed by atoms with Crippen LogP contribution in [-0.2, 0) is 6.54 Å². The maximum atomic E-state index is 12.5. The van der Waals surface area contributed by atoms with E-state index in [-0.39, 0.29) is 5.91 Å². The van der Waals surface area contributed by atoms with Gasteiger partial charge in [-0.1, -0.05) is 11.6 Å². The molecule has 0 saturated heterocycles. The molecule has 1 aliphatic carbocycles. The summed E-state index contributed by atoms with van der Waals surface area (Å²) in [6.07, 6.45) is 2.57. The first-order valence-corrected chi connectivity index (χ1v) is 8.67. The molecule has 0 atom stereocenters. The minimum Gasteiger partial charge on any atom is -0.320 e. The molecule has 0 unspecified atom stereocenters. The molecule has 0 N–H and O–H groups in total. The van der Waals surface area contributed by atoms with Crippen LogP contribution in [0.4, 0.5) is 0 Å². The number of thiazole rings is 1. The number of carbonyl (C=O) groups is 1. The van der Waals surface area contributed by atoms with Crippen molar-refractivity contribution in [2.24, 2.45) is 10.9 Å². The maximum absolute atomic E-state index is 12.5. The lowest BCUT2D eigenvalue weighted by molar-refractivity contribution is 0.0997. The molecule has 2 aromatic rings. The smallest absolute Gasteiger partial charge is 0.279 e. The first kappa shape index (κ1) is 15.5. The number of rotatable bonds is 3. The minimum atomic E-state index is -0.194. The van der Waals surface area contributed by atoms with Gasteiger partial charge < -0.3 is 4.57 Å². The number of aromatic nitrogens is 1. The van der Waals surface area contributed by atoms with E-state index in [0.717, 1.165) is 22.8 Å². The molecule has 1 amide bonds. The summed E-state index contributed by atoms with van der Waals surface area (Å²) < 4.78 is 2.20. The third-order valence-corrected chi connectivity index (χ3v) is 5.47. The number of benzene rings is 1. The molecule has 0 bridgehead atoms. The quantitative estimate of drug-likeness (QED) is 0.825. The topological polar surface area (TPSA) is 34.4 Å². The van der Waals surface area contributed by atoms with Crippen LogP contribution in [0.3, 0.4) is 0 Å². The Balaban J connectivity index is 2.00. The number of aryl methyl sites for hydroxylation is 2. The number of nitrogens with zero attached hydrogens (tertiary/aromatic N) is 2. The van der Waals surface area contributed by atoms with Gasteiger partial charge in [0.05, 0.1) is 0 Å². The lowest BCUT2D eigenvalue weighted by Crippen LogP contribution is -2.19. The highest BCUT2D eigenvalue weighted by molar-refractivity contribution is 7.09. The van der Waals surface area contributed by atoms with E-state index in [1.54, 1.807) is 29.5 Å². The normalized spacial score (nSPS) is 15.4. The van der Waals surface area contributed by atoms with E-state index in [4.69, 9.17) is 11.6 Å². The Bertz CT molecular complexity index is 799. The second kappa shape index (κ2) is 6.01. The molecule has 0 spiro atoms. The SMILES string of the molecule is Cc1cc(Cl)ccc1C(=O)/N=c1\sc(C)c(C)n1CC1CC1. The van der Waals surface area contributed by atoms with Crippen molar-refractivity contribution in [1.29, 1.82) is 0 Å². The van der Waals surface area contributed by atoms with Gasteiger partial charge in [0, 0.05) is 27.7 Å². The van der Waals surface area contributed by atoms with E-state index in [2.05, 4.69) is 23.4 Å². The zero-order valence-corrected chi connectivity index (χ0v) is 14.6. The van der Waals surface area contributed by atoms with Crippen LogP contribution in [0.1, 0.15) is 39.3 Å². The third kappa shape index (κ3) is 3.18. The summed E-state index contributed by atoms with van der Waals surface area (Å²) in [6, 6.07) is 5.29. The van der Waals surface area contributed by atoms with Crippen LogP contribution < -0.4 is 4.80 Å². The molecule has 22 heavy (non-hydrogen) atoms. The predicted molar refractivity (Wildman–Crippen MR) is 90.6 cm³/mol. The van der Waals surface area contributed by atoms with Crippen LogP contribution in [0.2, 0.25) is 5.02 Å². The van der Waals surface area contributed by atoms with Crippen molar-refractivity contribution in [1.82, 2.24) is 4.57 Å². The molecule has 0 radical (unpaired) electrons. The Morgan fingerprint density at radius 1 is 1.36 bits per heavy atom. The van der Waals surface area contributed by atoms with Gasteiger partial charge in [-0.15, -0.1) is 11.3 Å². The van der Waals surface area contributed by atoms with Gasteiger partial charge in [-0.25, -0.2) is 0 Å². The van der Waals surface area contributed by atoms with E-state index in [9.17, 15) is 4.79 Å². The highest BCUT2D eigenvalue weighted by Gasteiger charge is 2.23. The maximum Gasteiger partial charge on any atom is 0.279 e. The Labute approximate surface area is 139 Å². The van der Waals surface area contributed by atoms with Crippen molar-refractivity contribution in [3.8, 4) is 0 Å². The average Bonchev–Trinajstić information content (AvgIpc) is 3.22. The zero-order valence-electron chi connectivity index (χ0n) is 13.0. The number of carbonyl (C=O) groups excluding carboxylic acids is 1. The van der Waals surface area contributed by atoms with E-state index >= 15 is 0 Å². The molecule has 1 fully saturated rings. The van der Waals surface area contributed by atoms with Gasteiger partial charge in [0.2, 0.25) is 0 Å². The Morgan fingerprint density at radius 3 is 2.73 bits per heavy atom. The fourth-order valence-electron chi connectivity index (χ4n) is 2.47. The van der Waals surface area contributed by atoms with E-state index in [1.165, 1.54) is 23.4 Å². The molecule has 1 aromatic carbocycles. The highest BCUT2D eigenvalue weighted by atomic mass is 35.5. The van der Waals surface area contributed by atoms with Crippen molar-refractivity contribution < 1.29 is 4.79 Å². The van der Waals surface area contributed by atoms with Gasteiger partial charge in [0.1, 0.15) is 0 Å². The van der Waals surface area contributed by atoms with Gasteiger partial charge >= 0.3 is 0 Å². The summed E-state index contributed by atoms with van der Waals surface area (Å²) in [7, 11) is 0. The summed E-state index contributed by atoms with van der Waals surface area (Å²) in [5.74, 6) is 0.555. The number of halogens is 1. The van der Waals surface area contributed by atoms with E-state index in [0.29, 0.717) is 10.6 Å². The minimum absolute atomic E-state index is 0.194. The lowest BCUT2D eigenvalue weighted by Gasteiger charge is -2.05. The number of hydrogen-bond donors (Lipinski definition) is 0. The van der Waals surface area contributed by atoms with Crippen molar-refractivity contribution in [3.05, 3.63) is 49.7 Å². The van der Waals surface area contributed by atoms with Crippen molar-refractivity contribution in [2.45, 2.75) is 40.2 Å². The second-order valence-electron chi connectivity index (χ2n) is 5.96. The van der Waals surface area contributed by atoms with Crippen molar-refractivity contribution in [2.75, 3.05) is 0 Å². The molecule has 3 rings (SSSR count). The lowest BCUT2D eigenvalue weighted by atomic mass is 10.1. The standard InChI is InChI=1S/C17H19ClN2OS/c1-10-8-14(18)6-7-15(10)16(21)19-17-20(9-13-4-5-13)11(2)12(3)22-17/h6-8,13H,4-5,9H2,1-3H3/b19-17-. The second-order valence-corrected chi connectivity index (χ2v) is 7.57. The van der Waals surface area contributed by atoms with Gasteiger partial charge in [-0.3, -0.25) is 4.79 Å². The Hall–Kier alpha value is -1.39. The first-order valence-electron chi connectivity index (χ1n) is 7.47. The monoisotopic (exact) mass is 334 g/mol. The molecule has 1 saturated carbocycles. The molecule has 1 aromatic heterocycles. The summed E-state index contributed by atoms with van der Waals surface area (Å²) in [4.78, 5) is 18.9. The summed E-state index contributed by atoms with van der Waals surface area (Å²) >= 11 is 7.54. The Morgan fingerprint density at radius 2 is 2.09 bits per heavy atom. The fourth-order valence-corrected chi connectivity index (χ4v) is 3.68. The van der Waals surface area contributed by atoms with Crippen LogP contribution >= 0.6 is 22.9 Å². The fraction of sp³-hybridized carbons (Fsp3) is 0.412. The number of amides is 1. The van der Waals surface area contributed by atoms with Crippen molar-refractivity contribution >= 4 is 28.8 Å². The average molecular weight is 335 g/mol. The van der Waals surface area contributed by atoms with Gasteiger partial charge in [-0.2, -0.15) is 4.99 Å². The van der Waals surface area contributed by atoms with E-state index in [1.807, 2.05) is 6.92 Å². The van der Waals surface area contributed by atoms with Crippen LogP contribution in [0.25, 0.3) is 0 Å². The molecule has 116 valence electrons. The summed E-state index contributed by atoms with van der Waals surface area (Å²) in [5.41, 5.74) is 2.70. The van der Waals surface area contributed by atoms with E-state index < -0.39 is 0 Å². The third-order valence-electron chi connectivity index (χ3n) is 4.14. The predicted octanol–water partition coefficient (Wildman–Crippen LogP) is 4.28. The molecular formula is C17H19ClN2OS. The van der Waals surface area contributed by atoms with Crippen LogP contribution in [0, 0.1) is 26.7 Å². The molecule has 3 nitrogen and oxygen atoms in total. The Kier molecular flexibility index (Phi) is 4.24. The zero-order chi connectivity index (χ0) is 15.9.